The van der Waals surface area contributed by atoms with Gasteiger partial charge in [-0.3, -0.25) is 9.88 Å². The van der Waals surface area contributed by atoms with E-state index in [2.05, 4.69) is 51.6 Å². The van der Waals surface area contributed by atoms with Crippen LogP contribution in [0.25, 0.3) is 11.3 Å². The van der Waals surface area contributed by atoms with Crippen LogP contribution in [0.15, 0.2) is 66.9 Å². The number of benzene rings is 2. The first-order valence-corrected chi connectivity index (χ1v) is 11.5. The smallest absolute Gasteiger partial charge is 0.120 e. The van der Waals surface area contributed by atoms with Gasteiger partial charge in [0, 0.05) is 49.4 Å². The van der Waals surface area contributed by atoms with Crippen LogP contribution in [0, 0.1) is 11.3 Å². The molecule has 1 aromatic heterocycles. The predicted octanol–water partition coefficient (Wildman–Crippen LogP) is 4.28. The third kappa shape index (κ3) is 3.77. The van der Waals surface area contributed by atoms with E-state index in [1.54, 1.807) is 0 Å². The summed E-state index contributed by atoms with van der Waals surface area (Å²) in [5.74, 6) is 0.994. The summed E-state index contributed by atoms with van der Waals surface area (Å²) >= 11 is 0. The number of piperidine rings is 1. The molecular formula is C27H26N4O. The molecule has 0 spiro atoms. The van der Waals surface area contributed by atoms with Gasteiger partial charge in [-0.05, 0) is 54.3 Å². The van der Waals surface area contributed by atoms with Gasteiger partial charge in [0.1, 0.15) is 11.9 Å². The molecule has 4 heterocycles. The molecule has 3 aromatic rings. The third-order valence-corrected chi connectivity index (χ3v) is 7.09. The second-order valence-electron chi connectivity index (χ2n) is 9.17. The van der Waals surface area contributed by atoms with Crippen molar-refractivity contribution in [3.63, 3.8) is 0 Å². The van der Waals surface area contributed by atoms with E-state index in [9.17, 15) is 0 Å². The summed E-state index contributed by atoms with van der Waals surface area (Å²) in [6, 6.07) is 24.7. The van der Waals surface area contributed by atoms with Gasteiger partial charge < -0.3 is 10.1 Å². The van der Waals surface area contributed by atoms with E-state index >= 15 is 0 Å². The molecule has 0 amide bonds. The van der Waals surface area contributed by atoms with Crippen LogP contribution in [0.4, 0.5) is 0 Å². The predicted molar refractivity (Wildman–Crippen MR) is 123 cm³/mol. The van der Waals surface area contributed by atoms with Gasteiger partial charge in [-0.25, -0.2) is 0 Å². The summed E-state index contributed by atoms with van der Waals surface area (Å²) in [5, 5.41) is 12.4. The first-order valence-electron chi connectivity index (χ1n) is 11.5. The van der Waals surface area contributed by atoms with Crippen molar-refractivity contribution in [2.75, 3.05) is 0 Å². The lowest BCUT2D eigenvalue weighted by atomic mass is 10.0. The topological polar surface area (TPSA) is 60.9 Å². The van der Waals surface area contributed by atoms with Crippen molar-refractivity contribution in [3.05, 3.63) is 83.6 Å². The van der Waals surface area contributed by atoms with Gasteiger partial charge >= 0.3 is 0 Å². The second-order valence-corrected chi connectivity index (χ2v) is 9.17. The average Bonchev–Trinajstić information content (AvgIpc) is 3.47. The molecule has 1 N–H and O–H groups in total. The Labute approximate surface area is 188 Å². The molecule has 5 nitrogen and oxygen atoms in total. The van der Waals surface area contributed by atoms with Crippen molar-refractivity contribution in [2.24, 2.45) is 0 Å². The molecule has 3 saturated heterocycles. The van der Waals surface area contributed by atoms with Crippen LogP contribution in [0.2, 0.25) is 0 Å². The number of fused-ring (bicyclic) bond motifs is 1. The fourth-order valence-electron chi connectivity index (χ4n) is 5.39. The highest BCUT2D eigenvalue weighted by atomic mass is 16.5. The van der Waals surface area contributed by atoms with Crippen LogP contribution in [0.1, 0.15) is 36.0 Å². The van der Waals surface area contributed by atoms with Crippen molar-refractivity contribution in [1.29, 1.82) is 5.26 Å². The summed E-state index contributed by atoms with van der Waals surface area (Å²) in [5.41, 5.74) is 4.97. The zero-order valence-corrected chi connectivity index (χ0v) is 17.9. The van der Waals surface area contributed by atoms with E-state index < -0.39 is 0 Å². The molecule has 3 aliphatic rings. The molecule has 3 fully saturated rings. The Hall–Kier alpha value is -3.20. The highest BCUT2D eigenvalue weighted by Gasteiger charge is 2.63. The molecule has 5 atom stereocenters. The number of pyridine rings is 1. The van der Waals surface area contributed by atoms with Crippen LogP contribution in [0.3, 0.4) is 0 Å². The number of nitriles is 1. The minimum atomic E-state index is 0.373. The van der Waals surface area contributed by atoms with Crippen molar-refractivity contribution in [3.8, 4) is 23.1 Å². The standard InChI is InChI=1S/C27H26N4O/c28-14-18-4-7-21(8-5-18)25-9-6-20(17-30-25)16-29-15-19-2-1-3-23(10-19)32-24-11-22-12-26-27(13-24)31(22)26/h1-10,17,22,24,26-27,29H,11-13,15-16H2/t22?,24-,26?,27?,31?/m0/s1. The molecule has 2 aromatic carbocycles. The maximum Gasteiger partial charge on any atom is 0.120 e. The van der Waals surface area contributed by atoms with E-state index in [4.69, 9.17) is 10.00 Å². The molecule has 6 rings (SSSR count). The van der Waals surface area contributed by atoms with Gasteiger partial charge in [0.25, 0.3) is 0 Å². The van der Waals surface area contributed by atoms with Crippen LogP contribution >= 0.6 is 0 Å². The van der Waals surface area contributed by atoms with Crippen molar-refractivity contribution < 1.29 is 4.74 Å². The monoisotopic (exact) mass is 422 g/mol. The summed E-state index contributed by atoms with van der Waals surface area (Å²) in [7, 11) is 0. The number of nitrogens with zero attached hydrogens (tertiary/aromatic N) is 3. The summed E-state index contributed by atoms with van der Waals surface area (Å²) in [6.07, 6.45) is 6.04. The molecule has 5 heteroatoms. The van der Waals surface area contributed by atoms with Gasteiger partial charge in [-0.1, -0.05) is 30.3 Å². The maximum absolute atomic E-state index is 8.93. The van der Waals surface area contributed by atoms with Gasteiger partial charge in [0.05, 0.1) is 17.3 Å². The Balaban J connectivity index is 1.01. The number of nitrogens with one attached hydrogen (secondary N) is 1. The van der Waals surface area contributed by atoms with E-state index in [0.717, 1.165) is 53.8 Å². The zero-order valence-electron chi connectivity index (χ0n) is 17.9. The van der Waals surface area contributed by atoms with Crippen LogP contribution in [-0.2, 0) is 13.1 Å². The fourth-order valence-corrected chi connectivity index (χ4v) is 5.39. The zero-order chi connectivity index (χ0) is 21.5. The molecule has 0 saturated carbocycles. The highest BCUT2D eigenvalue weighted by molar-refractivity contribution is 5.60. The highest BCUT2D eigenvalue weighted by Crippen LogP contribution is 2.53. The first kappa shape index (κ1) is 19.5. The molecule has 0 radical (unpaired) electrons. The van der Waals surface area contributed by atoms with Crippen LogP contribution < -0.4 is 10.1 Å². The third-order valence-electron chi connectivity index (χ3n) is 7.09. The van der Waals surface area contributed by atoms with E-state index in [1.165, 1.54) is 24.8 Å². The lowest BCUT2D eigenvalue weighted by Gasteiger charge is -2.33. The number of rotatable bonds is 7. The maximum atomic E-state index is 8.93. The Bertz CT molecular complexity index is 1140. The van der Waals surface area contributed by atoms with Crippen LogP contribution in [0.5, 0.6) is 5.75 Å². The lowest BCUT2D eigenvalue weighted by molar-refractivity contribution is 0.0933. The van der Waals surface area contributed by atoms with Gasteiger partial charge in [0.2, 0.25) is 0 Å². The Morgan fingerprint density at radius 1 is 0.969 bits per heavy atom. The van der Waals surface area contributed by atoms with E-state index in [1.807, 2.05) is 36.5 Å². The fraction of sp³-hybridized carbons (Fsp3) is 0.333. The number of hydrogen-bond donors (Lipinski definition) is 1. The SMILES string of the molecule is N#Cc1ccc(-c2ccc(CNCc3cccc(O[C@H]4CC5CC6C(C4)N56)c3)cn2)cc1. The summed E-state index contributed by atoms with van der Waals surface area (Å²) in [4.78, 5) is 7.24. The molecule has 4 unspecified atom stereocenters. The second kappa shape index (κ2) is 8.05. The molecule has 160 valence electrons. The molecule has 32 heavy (non-hydrogen) atoms. The number of ether oxygens (including phenoxy) is 1. The van der Waals surface area contributed by atoms with Crippen molar-refractivity contribution >= 4 is 0 Å². The Kier molecular flexibility index (Phi) is 4.90. The minimum Gasteiger partial charge on any atom is -0.490 e. The minimum absolute atomic E-state index is 0.373. The van der Waals surface area contributed by atoms with Gasteiger partial charge in [0.15, 0.2) is 0 Å². The van der Waals surface area contributed by atoms with Crippen molar-refractivity contribution in [2.45, 2.75) is 56.6 Å². The number of hydrogen-bond acceptors (Lipinski definition) is 5. The normalized spacial score (nSPS) is 27.0. The van der Waals surface area contributed by atoms with Gasteiger partial charge in [-0.2, -0.15) is 5.26 Å². The van der Waals surface area contributed by atoms with Crippen LogP contribution in [-0.4, -0.2) is 34.1 Å². The Morgan fingerprint density at radius 3 is 2.59 bits per heavy atom. The quantitative estimate of drug-likeness (QED) is 0.576. The Morgan fingerprint density at radius 2 is 1.81 bits per heavy atom. The lowest BCUT2D eigenvalue weighted by Crippen LogP contribution is -2.39. The molecule has 0 aliphatic carbocycles. The number of aromatic nitrogens is 1. The largest absolute Gasteiger partial charge is 0.490 e. The molecule has 3 aliphatic heterocycles. The molecular weight excluding hydrogens is 396 g/mol. The van der Waals surface area contributed by atoms with E-state index in [0.29, 0.717) is 11.7 Å². The summed E-state index contributed by atoms with van der Waals surface area (Å²) < 4.78 is 6.34. The first-order chi connectivity index (χ1) is 15.8. The molecule has 0 bridgehead atoms. The van der Waals surface area contributed by atoms with Crippen molar-refractivity contribution in [1.82, 2.24) is 15.2 Å². The average molecular weight is 423 g/mol. The van der Waals surface area contributed by atoms with Gasteiger partial charge in [-0.15, -0.1) is 0 Å². The van der Waals surface area contributed by atoms with E-state index in [-0.39, 0.29) is 0 Å². The summed E-state index contributed by atoms with van der Waals surface area (Å²) in [6.45, 7) is 1.55.